The fraction of sp³-hybridized carbons (Fsp3) is 0.385. The maximum Gasteiger partial charge on any atom is 0.352 e. The molecule has 9 heteroatoms. The zero-order valence-electron chi connectivity index (χ0n) is 12.2. The summed E-state index contributed by atoms with van der Waals surface area (Å²) in [5.41, 5.74) is -0.938. The summed E-state index contributed by atoms with van der Waals surface area (Å²) < 4.78 is 2.52. The number of thiazole rings is 1. The molecule has 2 aliphatic rings. The first-order valence-corrected chi connectivity index (χ1v) is 7.75. The largest absolute Gasteiger partial charge is 0.352 e. The molecule has 0 saturated heterocycles. The molecule has 0 saturated carbocycles. The van der Waals surface area contributed by atoms with Gasteiger partial charge in [-0.1, -0.05) is 13.3 Å². The molecule has 0 aliphatic carbocycles. The lowest BCUT2D eigenvalue weighted by Crippen LogP contribution is -2.37. The molecule has 0 amide bonds. The maximum absolute atomic E-state index is 12.3. The van der Waals surface area contributed by atoms with Crippen molar-refractivity contribution in [3.05, 3.63) is 32.4 Å². The van der Waals surface area contributed by atoms with Crippen LogP contribution in [0.3, 0.4) is 0 Å². The van der Waals surface area contributed by atoms with Crippen LogP contribution in [-0.4, -0.2) is 29.3 Å². The van der Waals surface area contributed by atoms with E-state index < -0.39 is 11.2 Å². The molecule has 0 N–H and O–H groups in total. The minimum absolute atomic E-state index is 0.137. The lowest BCUT2D eigenvalue weighted by molar-refractivity contribution is 0.547. The van der Waals surface area contributed by atoms with E-state index in [1.54, 1.807) is 10.9 Å². The Morgan fingerprint density at radius 1 is 1.27 bits per heavy atom. The van der Waals surface area contributed by atoms with E-state index in [4.69, 9.17) is 0 Å². The fourth-order valence-corrected chi connectivity index (χ4v) is 2.58. The lowest BCUT2D eigenvalue weighted by atomic mass is 10.3. The van der Waals surface area contributed by atoms with E-state index in [2.05, 4.69) is 27.0 Å². The van der Waals surface area contributed by atoms with Crippen LogP contribution in [0.4, 0.5) is 0 Å². The number of nitrogens with zero attached hydrogens (tertiary/aromatic N) is 6. The minimum atomic E-state index is -0.603. The summed E-state index contributed by atoms with van der Waals surface area (Å²) in [5, 5.41) is 6.84. The Bertz CT molecular complexity index is 883. The van der Waals surface area contributed by atoms with Gasteiger partial charge in [-0.05, 0) is 6.42 Å². The third-order valence-electron chi connectivity index (χ3n) is 3.23. The molecule has 0 spiro atoms. The Morgan fingerprint density at radius 2 is 2.09 bits per heavy atom. The van der Waals surface area contributed by atoms with E-state index in [1.807, 2.05) is 5.38 Å². The molecule has 8 nitrogen and oxygen atoms in total. The van der Waals surface area contributed by atoms with Crippen molar-refractivity contribution in [3.8, 4) is 22.4 Å². The van der Waals surface area contributed by atoms with Gasteiger partial charge >= 0.3 is 5.69 Å². The van der Waals surface area contributed by atoms with Gasteiger partial charge in [-0.3, -0.25) is 9.36 Å². The second-order valence-corrected chi connectivity index (χ2v) is 5.67. The molecule has 3 heterocycles. The van der Waals surface area contributed by atoms with Gasteiger partial charge in [-0.2, -0.15) is 4.98 Å². The van der Waals surface area contributed by atoms with Crippen molar-refractivity contribution in [1.82, 2.24) is 29.3 Å². The zero-order valence-corrected chi connectivity index (χ0v) is 13.0. The molecule has 2 aliphatic heterocycles. The molecule has 0 bridgehead atoms. The van der Waals surface area contributed by atoms with Crippen LogP contribution in [0.1, 0.15) is 19.8 Å². The average molecular weight is 318 g/mol. The highest BCUT2D eigenvalue weighted by Gasteiger charge is 2.21. The summed E-state index contributed by atoms with van der Waals surface area (Å²) in [5.74, 6) is 0.595. The van der Waals surface area contributed by atoms with Gasteiger partial charge in [0.05, 0.1) is 0 Å². The first-order valence-electron chi connectivity index (χ1n) is 6.87. The highest BCUT2D eigenvalue weighted by Crippen LogP contribution is 2.20. The second-order valence-electron chi connectivity index (χ2n) is 4.78. The normalized spacial score (nSPS) is 11.2. The van der Waals surface area contributed by atoms with Crippen LogP contribution < -0.4 is 11.2 Å². The van der Waals surface area contributed by atoms with Crippen LogP contribution in [0.2, 0.25) is 0 Å². The molecule has 0 atom stereocenters. The summed E-state index contributed by atoms with van der Waals surface area (Å²) in [6.07, 6.45) is 3.47. The summed E-state index contributed by atoms with van der Waals surface area (Å²) in [6, 6.07) is 0. The monoisotopic (exact) mass is 318 g/mol. The third-order valence-corrected chi connectivity index (χ3v) is 4.00. The topological polar surface area (TPSA) is 95.6 Å². The number of aryl methyl sites for hydroxylation is 1. The van der Waals surface area contributed by atoms with Crippen molar-refractivity contribution in [1.29, 1.82) is 0 Å². The fourth-order valence-electron chi connectivity index (χ4n) is 2.02. The molecule has 0 fully saturated rings. The Kier molecular flexibility index (Phi) is 3.80. The minimum Gasteiger partial charge on any atom is -0.267 e. The van der Waals surface area contributed by atoms with E-state index in [-0.39, 0.29) is 11.5 Å². The van der Waals surface area contributed by atoms with Gasteiger partial charge in [0.1, 0.15) is 0 Å². The van der Waals surface area contributed by atoms with Gasteiger partial charge in [0.2, 0.25) is 5.82 Å². The van der Waals surface area contributed by atoms with Crippen molar-refractivity contribution < 1.29 is 0 Å². The summed E-state index contributed by atoms with van der Waals surface area (Å²) >= 11 is 1.39. The smallest absolute Gasteiger partial charge is 0.267 e. The predicted molar refractivity (Wildman–Crippen MR) is 82.0 cm³/mol. The Hall–Kier alpha value is -2.42. The second kappa shape index (κ2) is 5.76. The molecule has 1 aromatic rings. The Morgan fingerprint density at radius 3 is 2.77 bits per heavy atom. The highest BCUT2D eigenvalue weighted by atomic mass is 32.1. The van der Waals surface area contributed by atoms with Gasteiger partial charge in [0.25, 0.3) is 5.56 Å². The average Bonchev–Trinajstić information content (AvgIpc) is 3.05. The molecular formula is C13H14N6O2S. The van der Waals surface area contributed by atoms with E-state index in [9.17, 15) is 9.59 Å². The van der Waals surface area contributed by atoms with Crippen LogP contribution in [0.25, 0.3) is 22.4 Å². The van der Waals surface area contributed by atoms with Crippen LogP contribution in [-0.2, 0) is 13.6 Å². The first-order chi connectivity index (χ1) is 10.6. The first kappa shape index (κ1) is 14.5. The van der Waals surface area contributed by atoms with Crippen molar-refractivity contribution in [2.24, 2.45) is 7.05 Å². The van der Waals surface area contributed by atoms with E-state index in [0.29, 0.717) is 17.4 Å². The SMILES string of the molecule is CCCCn1nc(-c2nccs2)nc2c(=O)n(C)c(=O)nc1-2. The molecule has 114 valence electrons. The van der Waals surface area contributed by atoms with Crippen LogP contribution in [0.5, 0.6) is 0 Å². The lowest BCUT2D eigenvalue weighted by Gasteiger charge is -2.13. The zero-order chi connectivity index (χ0) is 15.7. The van der Waals surface area contributed by atoms with Crippen LogP contribution in [0, 0.1) is 0 Å². The van der Waals surface area contributed by atoms with Gasteiger partial charge in [0, 0.05) is 25.2 Å². The van der Waals surface area contributed by atoms with Crippen molar-refractivity contribution in [2.45, 2.75) is 26.3 Å². The molecule has 3 rings (SSSR count). The number of hydrogen-bond acceptors (Lipinski definition) is 7. The van der Waals surface area contributed by atoms with Gasteiger partial charge in [0.15, 0.2) is 16.5 Å². The van der Waals surface area contributed by atoms with Crippen LogP contribution >= 0.6 is 11.3 Å². The molecule has 0 unspecified atom stereocenters. The van der Waals surface area contributed by atoms with Crippen molar-refractivity contribution in [3.63, 3.8) is 0 Å². The third kappa shape index (κ3) is 2.43. The number of fused-ring (bicyclic) bond motifs is 1. The molecule has 0 aromatic carbocycles. The molecule has 1 aromatic heterocycles. The van der Waals surface area contributed by atoms with E-state index in [0.717, 1.165) is 17.4 Å². The standard InChI is InChI=1S/C13H14N6O2S/c1-3-4-6-19-10-8(12(20)18(2)13(21)16-10)15-9(17-19)11-14-5-7-22-11/h5,7H,3-4,6H2,1-2H3. The number of rotatable bonds is 4. The maximum atomic E-state index is 12.3. The highest BCUT2D eigenvalue weighted by molar-refractivity contribution is 7.12. The Labute approximate surface area is 129 Å². The summed E-state index contributed by atoms with van der Waals surface area (Å²) in [6.45, 7) is 2.62. The number of unbranched alkanes of at least 4 members (excludes halogenated alkanes) is 1. The van der Waals surface area contributed by atoms with Gasteiger partial charge in [-0.15, -0.1) is 16.4 Å². The summed E-state index contributed by atoms with van der Waals surface area (Å²) in [7, 11) is 1.39. The Balaban J connectivity index is 2.30. The summed E-state index contributed by atoms with van der Waals surface area (Å²) in [4.78, 5) is 36.4. The van der Waals surface area contributed by atoms with E-state index in [1.165, 1.54) is 18.4 Å². The van der Waals surface area contributed by atoms with Gasteiger partial charge < -0.3 is 0 Å². The number of aromatic nitrogens is 6. The number of hydrogen-bond donors (Lipinski definition) is 0. The predicted octanol–water partition coefficient (Wildman–Crippen LogP) is 0.760. The molecule has 22 heavy (non-hydrogen) atoms. The molecule has 0 radical (unpaired) electrons. The van der Waals surface area contributed by atoms with Crippen molar-refractivity contribution >= 4 is 11.3 Å². The van der Waals surface area contributed by atoms with Crippen molar-refractivity contribution in [2.75, 3.05) is 0 Å². The van der Waals surface area contributed by atoms with Gasteiger partial charge in [-0.25, -0.2) is 19.4 Å². The quantitative estimate of drug-likeness (QED) is 0.705. The van der Waals surface area contributed by atoms with E-state index >= 15 is 0 Å². The molecular weight excluding hydrogens is 304 g/mol. The van der Waals surface area contributed by atoms with Crippen LogP contribution in [0.15, 0.2) is 21.2 Å².